The predicted molar refractivity (Wildman–Crippen MR) is 72.0 cm³/mol. The molecule has 1 aromatic carbocycles. The van der Waals surface area contributed by atoms with E-state index in [0.717, 1.165) is 10.6 Å². The molecule has 1 aromatic heterocycles. The topological polar surface area (TPSA) is 31.4 Å². The van der Waals surface area contributed by atoms with Gasteiger partial charge in [-0.15, -0.1) is 11.3 Å². The van der Waals surface area contributed by atoms with Gasteiger partial charge in [-0.3, -0.25) is 0 Å². The van der Waals surface area contributed by atoms with Gasteiger partial charge in [0.15, 0.2) is 0 Å². The Labute approximate surface area is 117 Å². The number of halogens is 2. The van der Waals surface area contributed by atoms with Crippen LogP contribution in [0.1, 0.15) is 12.0 Å². The number of rotatable bonds is 4. The Morgan fingerprint density at radius 1 is 1.28 bits per heavy atom. The first-order chi connectivity index (χ1) is 8.63. The summed E-state index contributed by atoms with van der Waals surface area (Å²) in [5.74, 6) is -0.300. The molecular formula is C12H11BrFNO2S. The van der Waals surface area contributed by atoms with Crippen LogP contribution >= 0.6 is 27.3 Å². The fourth-order valence-corrected chi connectivity index (χ4v) is 2.82. The van der Waals surface area contributed by atoms with Gasteiger partial charge in [0.1, 0.15) is 16.5 Å². The largest absolute Gasteiger partial charge is 0.350 e. The summed E-state index contributed by atoms with van der Waals surface area (Å²) in [7, 11) is 3.10. The standard InChI is InChI=1S/C12H11BrFNO2S/c1-16-12(17-2)10-6-18-11(15-10)7-3-8(13)5-9(14)4-7/h3-6,12H,1-2H3. The highest BCUT2D eigenvalue weighted by Gasteiger charge is 2.14. The van der Waals surface area contributed by atoms with Crippen molar-refractivity contribution in [1.82, 2.24) is 4.98 Å². The van der Waals surface area contributed by atoms with Crippen LogP contribution in [0.15, 0.2) is 28.1 Å². The van der Waals surface area contributed by atoms with Gasteiger partial charge in [-0.25, -0.2) is 9.37 Å². The monoisotopic (exact) mass is 331 g/mol. The van der Waals surface area contributed by atoms with E-state index in [1.807, 2.05) is 11.4 Å². The third kappa shape index (κ3) is 2.95. The van der Waals surface area contributed by atoms with Gasteiger partial charge in [-0.1, -0.05) is 15.9 Å². The molecule has 0 N–H and O–H groups in total. The van der Waals surface area contributed by atoms with E-state index in [4.69, 9.17) is 9.47 Å². The number of methoxy groups -OCH3 is 2. The van der Waals surface area contributed by atoms with Gasteiger partial charge in [-0.05, 0) is 18.2 Å². The Morgan fingerprint density at radius 2 is 2.00 bits per heavy atom. The molecule has 3 nitrogen and oxygen atoms in total. The third-order valence-electron chi connectivity index (χ3n) is 2.30. The molecule has 0 aliphatic carbocycles. The van der Waals surface area contributed by atoms with Crippen LogP contribution in [0.4, 0.5) is 4.39 Å². The molecule has 0 fully saturated rings. The first-order valence-electron chi connectivity index (χ1n) is 5.11. The Hall–Kier alpha value is -0.820. The van der Waals surface area contributed by atoms with Crippen LogP contribution < -0.4 is 0 Å². The van der Waals surface area contributed by atoms with Gasteiger partial charge in [0.2, 0.25) is 6.29 Å². The predicted octanol–water partition coefficient (Wildman–Crippen LogP) is 4.00. The summed E-state index contributed by atoms with van der Waals surface area (Å²) in [5.41, 5.74) is 1.41. The number of hydrogen-bond donors (Lipinski definition) is 0. The highest BCUT2D eigenvalue weighted by molar-refractivity contribution is 9.10. The maximum atomic E-state index is 13.3. The van der Waals surface area contributed by atoms with E-state index in [1.165, 1.54) is 23.5 Å². The lowest BCUT2D eigenvalue weighted by atomic mass is 10.2. The van der Waals surface area contributed by atoms with E-state index >= 15 is 0 Å². The molecule has 0 radical (unpaired) electrons. The third-order valence-corrected chi connectivity index (χ3v) is 3.67. The van der Waals surface area contributed by atoms with Crippen molar-refractivity contribution in [1.29, 1.82) is 0 Å². The van der Waals surface area contributed by atoms with Crippen LogP contribution in [0.3, 0.4) is 0 Å². The second-order valence-corrected chi connectivity index (χ2v) is 5.31. The van der Waals surface area contributed by atoms with E-state index in [9.17, 15) is 4.39 Å². The van der Waals surface area contributed by atoms with Crippen LogP contribution in [0.5, 0.6) is 0 Å². The number of nitrogens with zero attached hydrogens (tertiary/aromatic N) is 1. The zero-order valence-electron chi connectivity index (χ0n) is 9.81. The molecule has 2 aromatic rings. The van der Waals surface area contributed by atoms with Crippen molar-refractivity contribution in [3.8, 4) is 10.6 Å². The molecule has 0 amide bonds. The summed E-state index contributed by atoms with van der Waals surface area (Å²) in [4.78, 5) is 4.39. The highest BCUT2D eigenvalue weighted by atomic mass is 79.9. The van der Waals surface area contributed by atoms with Crippen molar-refractivity contribution in [2.24, 2.45) is 0 Å². The van der Waals surface area contributed by atoms with E-state index in [1.54, 1.807) is 14.2 Å². The van der Waals surface area contributed by atoms with Gasteiger partial charge in [0.05, 0.1) is 0 Å². The molecule has 1 heterocycles. The number of hydrogen-bond acceptors (Lipinski definition) is 4. The van der Waals surface area contributed by atoms with Gasteiger partial charge in [-0.2, -0.15) is 0 Å². The van der Waals surface area contributed by atoms with Crippen LogP contribution in [0.25, 0.3) is 10.6 Å². The number of thiazole rings is 1. The fourth-order valence-electron chi connectivity index (χ4n) is 1.54. The summed E-state index contributed by atoms with van der Waals surface area (Å²) in [6.45, 7) is 0. The van der Waals surface area contributed by atoms with Crippen LogP contribution in [0.2, 0.25) is 0 Å². The molecule has 6 heteroatoms. The minimum absolute atomic E-state index is 0.300. The Morgan fingerprint density at radius 3 is 2.61 bits per heavy atom. The summed E-state index contributed by atoms with van der Waals surface area (Å²) < 4.78 is 24.2. The minimum Gasteiger partial charge on any atom is -0.350 e. The average molecular weight is 332 g/mol. The van der Waals surface area contributed by atoms with Crippen molar-refractivity contribution in [3.63, 3.8) is 0 Å². The van der Waals surface area contributed by atoms with Crippen LogP contribution in [0, 0.1) is 5.82 Å². The van der Waals surface area contributed by atoms with Crippen molar-refractivity contribution in [2.45, 2.75) is 6.29 Å². The molecule has 2 rings (SSSR count). The van der Waals surface area contributed by atoms with Gasteiger partial charge >= 0.3 is 0 Å². The molecule has 0 spiro atoms. The molecule has 0 atom stereocenters. The van der Waals surface area contributed by atoms with Crippen molar-refractivity contribution in [3.05, 3.63) is 39.6 Å². The first-order valence-corrected chi connectivity index (χ1v) is 6.78. The second-order valence-electron chi connectivity index (χ2n) is 3.54. The number of ether oxygens (including phenoxy) is 2. The molecule has 0 bridgehead atoms. The maximum absolute atomic E-state index is 13.3. The Balaban J connectivity index is 2.34. The molecule has 0 aliphatic rings. The van der Waals surface area contributed by atoms with E-state index in [2.05, 4.69) is 20.9 Å². The summed E-state index contributed by atoms with van der Waals surface area (Å²) in [6.07, 6.45) is -0.494. The molecule has 0 unspecified atom stereocenters. The van der Waals surface area contributed by atoms with Crippen LogP contribution in [-0.4, -0.2) is 19.2 Å². The van der Waals surface area contributed by atoms with Crippen molar-refractivity contribution < 1.29 is 13.9 Å². The molecule has 96 valence electrons. The molecule has 0 aliphatic heterocycles. The van der Waals surface area contributed by atoms with Crippen molar-refractivity contribution in [2.75, 3.05) is 14.2 Å². The maximum Gasteiger partial charge on any atom is 0.201 e. The van der Waals surface area contributed by atoms with E-state index in [0.29, 0.717) is 10.2 Å². The zero-order valence-corrected chi connectivity index (χ0v) is 12.2. The quantitative estimate of drug-likeness (QED) is 0.793. The number of aromatic nitrogens is 1. The fraction of sp³-hybridized carbons (Fsp3) is 0.250. The summed E-state index contributed by atoms with van der Waals surface area (Å²) in [6, 6.07) is 4.67. The van der Waals surface area contributed by atoms with Crippen LogP contribution in [-0.2, 0) is 9.47 Å². The van der Waals surface area contributed by atoms with E-state index in [-0.39, 0.29) is 5.82 Å². The molecule has 18 heavy (non-hydrogen) atoms. The average Bonchev–Trinajstić information content (AvgIpc) is 2.79. The normalized spacial score (nSPS) is 11.2. The lowest BCUT2D eigenvalue weighted by molar-refractivity contribution is -0.108. The highest BCUT2D eigenvalue weighted by Crippen LogP contribution is 2.30. The van der Waals surface area contributed by atoms with Gasteiger partial charge < -0.3 is 9.47 Å². The minimum atomic E-state index is -0.494. The molecule has 0 saturated heterocycles. The van der Waals surface area contributed by atoms with Crippen molar-refractivity contribution >= 4 is 27.3 Å². The zero-order chi connectivity index (χ0) is 13.1. The van der Waals surface area contributed by atoms with E-state index < -0.39 is 6.29 Å². The second kappa shape index (κ2) is 5.88. The SMILES string of the molecule is COC(OC)c1csc(-c2cc(F)cc(Br)c2)n1. The first kappa shape index (κ1) is 13.6. The Kier molecular flexibility index (Phi) is 4.45. The molecule has 0 saturated carbocycles. The molecular weight excluding hydrogens is 321 g/mol. The van der Waals surface area contributed by atoms with Gasteiger partial charge in [0.25, 0.3) is 0 Å². The smallest absolute Gasteiger partial charge is 0.201 e. The lowest BCUT2D eigenvalue weighted by Gasteiger charge is -2.09. The number of benzene rings is 1. The van der Waals surface area contributed by atoms with Gasteiger partial charge in [0, 0.05) is 29.6 Å². The Bertz CT molecular complexity index is 522. The summed E-state index contributed by atoms with van der Waals surface area (Å²) >= 11 is 4.68. The lowest BCUT2D eigenvalue weighted by Crippen LogP contribution is -2.03. The summed E-state index contributed by atoms with van der Waals surface area (Å²) in [5, 5.41) is 2.57.